The van der Waals surface area contributed by atoms with Gasteiger partial charge >= 0.3 is 0 Å². The Morgan fingerprint density at radius 1 is 0.474 bits per heavy atom. The van der Waals surface area contributed by atoms with Gasteiger partial charge in [0.2, 0.25) is 0 Å². The SMILES string of the molecule is Brc1ccc2c(c1)c1ccccc1n2-c1ccc(-c2cc(-c3ccccn3)cc(-c3ccccn3)c2)cc1. The Morgan fingerprint density at radius 2 is 1.08 bits per heavy atom. The largest absolute Gasteiger partial charge is 0.309 e. The van der Waals surface area contributed by atoms with Crippen molar-refractivity contribution in [1.82, 2.24) is 14.5 Å². The van der Waals surface area contributed by atoms with Crippen LogP contribution < -0.4 is 0 Å². The second-order valence-corrected chi connectivity index (χ2v) is 10.2. The fraction of sp³-hybridized carbons (Fsp3) is 0. The maximum atomic E-state index is 4.60. The molecule has 3 heterocycles. The summed E-state index contributed by atoms with van der Waals surface area (Å²) in [5.74, 6) is 0. The molecule has 0 aliphatic carbocycles. The second kappa shape index (κ2) is 9.40. The molecule has 3 aromatic heterocycles. The van der Waals surface area contributed by atoms with Crippen LogP contribution in [0.25, 0.3) is 61.1 Å². The highest BCUT2D eigenvalue weighted by molar-refractivity contribution is 9.10. The second-order valence-electron chi connectivity index (χ2n) is 9.29. The van der Waals surface area contributed by atoms with Gasteiger partial charge in [0.25, 0.3) is 0 Å². The lowest BCUT2D eigenvalue weighted by Gasteiger charge is -2.12. The van der Waals surface area contributed by atoms with E-state index in [0.717, 1.165) is 43.8 Å². The zero-order valence-electron chi connectivity index (χ0n) is 20.4. The van der Waals surface area contributed by atoms with E-state index in [1.165, 1.54) is 21.8 Å². The van der Waals surface area contributed by atoms with Crippen LogP contribution in [-0.2, 0) is 0 Å². The van der Waals surface area contributed by atoms with Gasteiger partial charge in [-0.2, -0.15) is 0 Å². The Bertz CT molecular complexity index is 1850. The topological polar surface area (TPSA) is 30.7 Å². The molecule has 0 aliphatic rings. The van der Waals surface area contributed by atoms with Crippen molar-refractivity contribution in [2.24, 2.45) is 0 Å². The number of nitrogens with zero attached hydrogens (tertiary/aromatic N) is 3. The van der Waals surface area contributed by atoms with Crippen LogP contribution in [-0.4, -0.2) is 14.5 Å². The molecule has 0 saturated carbocycles. The van der Waals surface area contributed by atoms with Crippen molar-refractivity contribution in [3.05, 3.63) is 138 Å². The van der Waals surface area contributed by atoms with E-state index < -0.39 is 0 Å². The number of rotatable bonds is 4. The normalized spacial score (nSPS) is 11.3. The quantitative estimate of drug-likeness (QED) is 0.218. The predicted molar refractivity (Wildman–Crippen MR) is 160 cm³/mol. The molecule has 0 bridgehead atoms. The molecule has 4 aromatic carbocycles. The highest BCUT2D eigenvalue weighted by Gasteiger charge is 2.13. The van der Waals surface area contributed by atoms with Crippen molar-refractivity contribution < 1.29 is 0 Å². The third kappa shape index (κ3) is 4.00. The highest BCUT2D eigenvalue weighted by atomic mass is 79.9. The van der Waals surface area contributed by atoms with Crippen molar-refractivity contribution >= 4 is 37.7 Å². The van der Waals surface area contributed by atoms with E-state index in [9.17, 15) is 0 Å². The first-order chi connectivity index (χ1) is 18.7. The number of pyridine rings is 2. The molecule has 7 aromatic rings. The maximum absolute atomic E-state index is 4.60. The molecule has 180 valence electrons. The predicted octanol–water partition coefficient (Wildman–Crippen LogP) is 9.34. The number of fused-ring (bicyclic) bond motifs is 3. The van der Waals surface area contributed by atoms with Crippen LogP contribution >= 0.6 is 15.9 Å². The minimum atomic E-state index is 0.944. The number of para-hydroxylation sites is 1. The van der Waals surface area contributed by atoms with Gasteiger partial charge in [-0.15, -0.1) is 0 Å². The first-order valence-corrected chi connectivity index (χ1v) is 13.3. The first kappa shape index (κ1) is 22.6. The summed E-state index contributed by atoms with van der Waals surface area (Å²) < 4.78 is 3.42. The molecule has 38 heavy (non-hydrogen) atoms. The average molecular weight is 552 g/mol. The Balaban J connectivity index is 1.37. The van der Waals surface area contributed by atoms with Gasteiger partial charge in [-0.05, 0) is 90.0 Å². The fourth-order valence-corrected chi connectivity index (χ4v) is 5.54. The van der Waals surface area contributed by atoms with Crippen LogP contribution in [0.3, 0.4) is 0 Å². The van der Waals surface area contributed by atoms with Crippen LogP contribution in [0.4, 0.5) is 0 Å². The minimum Gasteiger partial charge on any atom is -0.309 e. The van der Waals surface area contributed by atoms with Gasteiger partial charge in [0, 0.05) is 44.5 Å². The number of aromatic nitrogens is 3. The molecular formula is C34H22BrN3. The van der Waals surface area contributed by atoms with E-state index in [0.29, 0.717) is 0 Å². The van der Waals surface area contributed by atoms with E-state index in [1.807, 2.05) is 48.8 Å². The van der Waals surface area contributed by atoms with Crippen molar-refractivity contribution in [3.8, 4) is 39.3 Å². The van der Waals surface area contributed by atoms with Crippen molar-refractivity contribution in [2.75, 3.05) is 0 Å². The molecule has 0 amide bonds. The Labute approximate surface area is 229 Å². The molecule has 7 rings (SSSR count). The summed E-state index contributed by atoms with van der Waals surface area (Å²) in [5, 5.41) is 2.48. The van der Waals surface area contributed by atoms with Crippen LogP contribution in [0.15, 0.2) is 138 Å². The van der Waals surface area contributed by atoms with Crippen LogP contribution in [0, 0.1) is 0 Å². The first-order valence-electron chi connectivity index (χ1n) is 12.5. The lowest BCUT2D eigenvalue weighted by Crippen LogP contribution is -1.94. The zero-order valence-corrected chi connectivity index (χ0v) is 22.0. The Kier molecular flexibility index (Phi) is 5.60. The third-order valence-electron chi connectivity index (χ3n) is 6.95. The Morgan fingerprint density at radius 3 is 1.74 bits per heavy atom. The van der Waals surface area contributed by atoms with Gasteiger partial charge in [0.1, 0.15) is 0 Å². The zero-order chi connectivity index (χ0) is 25.5. The smallest absolute Gasteiger partial charge is 0.0702 e. The maximum Gasteiger partial charge on any atom is 0.0702 e. The van der Waals surface area contributed by atoms with Crippen LogP contribution in [0.2, 0.25) is 0 Å². The summed E-state index contributed by atoms with van der Waals surface area (Å²) in [7, 11) is 0. The minimum absolute atomic E-state index is 0.944. The standard InChI is InChI=1S/C34H22BrN3/c35-27-13-16-34-30(22-27)29-7-1-2-10-33(29)38(34)28-14-11-23(12-15-28)24-19-25(31-8-3-5-17-36-31)21-26(20-24)32-9-4-6-18-37-32/h1-22H. The average Bonchev–Trinajstić information content (AvgIpc) is 3.31. The van der Waals surface area contributed by atoms with Gasteiger partial charge in [0.15, 0.2) is 0 Å². The number of hydrogen-bond acceptors (Lipinski definition) is 2. The molecule has 0 saturated heterocycles. The highest BCUT2D eigenvalue weighted by Crippen LogP contribution is 2.35. The van der Waals surface area contributed by atoms with Crippen LogP contribution in [0.5, 0.6) is 0 Å². The van der Waals surface area contributed by atoms with E-state index in [4.69, 9.17) is 0 Å². The lowest BCUT2D eigenvalue weighted by molar-refractivity contribution is 1.18. The molecule has 0 atom stereocenters. The molecule has 0 radical (unpaired) electrons. The molecular weight excluding hydrogens is 530 g/mol. The van der Waals surface area contributed by atoms with E-state index >= 15 is 0 Å². The molecule has 0 spiro atoms. The van der Waals surface area contributed by atoms with Gasteiger partial charge in [0.05, 0.1) is 22.4 Å². The number of benzene rings is 4. The van der Waals surface area contributed by atoms with Gasteiger partial charge in [-0.25, -0.2) is 0 Å². The Hall–Kier alpha value is -4.54. The van der Waals surface area contributed by atoms with Gasteiger partial charge in [-0.3, -0.25) is 9.97 Å². The summed E-state index contributed by atoms with van der Waals surface area (Å²) in [6.45, 7) is 0. The molecule has 0 unspecified atom stereocenters. The summed E-state index contributed by atoms with van der Waals surface area (Å²) in [6.07, 6.45) is 3.67. The van der Waals surface area contributed by atoms with E-state index in [1.54, 1.807) is 0 Å². The summed E-state index contributed by atoms with van der Waals surface area (Å²) in [4.78, 5) is 9.21. The van der Waals surface area contributed by atoms with E-state index in [2.05, 4.69) is 115 Å². The number of hydrogen-bond donors (Lipinski definition) is 0. The monoisotopic (exact) mass is 551 g/mol. The summed E-state index contributed by atoms with van der Waals surface area (Å²) >= 11 is 3.65. The van der Waals surface area contributed by atoms with Crippen LogP contribution in [0.1, 0.15) is 0 Å². The van der Waals surface area contributed by atoms with Gasteiger partial charge in [-0.1, -0.05) is 58.4 Å². The van der Waals surface area contributed by atoms with Crippen molar-refractivity contribution in [1.29, 1.82) is 0 Å². The van der Waals surface area contributed by atoms with Crippen molar-refractivity contribution in [3.63, 3.8) is 0 Å². The molecule has 0 aliphatic heterocycles. The van der Waals surface area contributed by atoms with Crippen molar-refractivity contribution in [2.45, 2.75) is 0 Å². The molecule has 0 fully saturated rings. The fourth-order valence-electron chi connectivity index (χ4n) is 5.18. The molecule has 0 N–H and O–H groups in total. The third-order valence-corrected chi connectivity index (χ3v) is 7.44. The van der Waals surface area contributed by atoms with Gasteiger partial charge < -0.3 is 4.57 Å². The lowest BCUT2D eigenvalue weighted by atomic mass is 9.96. The number of halogens is 1. The molecule has 3 nitrogen and oxygen atoms in total. The summed E-state index contributed by atoms with van der Waals surface area (Å²) in [5.41, 5.74) is 9.83. The molecule has 4 heteroatoms. The summed E-state index contributed by atoms with van der Waals surface area (Å²) in [6, 6.07) is 42.5. The van der Waals surface area contributed by atoms with E-state index in [-0.39, 0.29) is 0 Å².